The molecule has 0 heterocycles. The number of hydrogen-bond donors (Lipinski definition) is 0. The van der Waals surface area contributed by atoms with Gasteiger partial charge in [-0.25, -0.2) is 0 Å². The van der Waals surface area contributed by atoms with Gasteiger partial charge in [0.05, 0.1) is 6.61 Å². The first-order valence-corrected chi connectivity index (χ1v) is 7.49. The van der Waals surface area contributed by atoms with Crippen LogP contribution in [0.5, 0.6) is 5.75 Å². The van der Waals surface area contributed by atoms with E-state index in [4.69, 9.17) is 4.74 Å². The standard InChI is InChI=1S/C17H26O2/c1-3-13-19-17-12-8-10-15(14-17)9-6-5-7-11-16(18)4-2/h8,10,12,14H,3-7,9,11,13H2,1-2H3. The number of Topliss-reactive ketones (excluding diaryl/α,β-unsaturated/α-hetero) is 1. The van der Waals surface area contributed by atoms with E-state index in [-0.39, 0.29) is 0 Å². The van der Waals surface area contributed by atoms with Crippen molar-refractivity contribution in [1.82, 2.24) is 0 Å². The van der Waals surface area contributed by atoms with Crippen LogP contribution in [0.1, 0.15) is 57.9 Å². The number of ether oxygens (including phenoxy) is 1. The molecule has 0 saturated carbocycles. The minimum Gasteiger partial charge on any atom is -0.494 e. The van der Waals surface area contributed by atoms with Gasteiger partial charge in [-0.2, -0.15) is 0 Å². The van der Waals surface area contributed by atoms with Gasteiger partial charge in [0.15, 0.2) is 0 Å². The monoisotopic (exact) mass is 262 g/mol. The van der Waals surface area contributed by atoms with Crippen molar-refractivity contribution in [2.75, 3.05) is 6.61 Å². The van der Waals surface area contributed by atoms with E-state index in [0.29, 0.717) is 12.2 Å². The smallest absolute Gasteiger partial charge is 0.132 e. The molecule has 0 aliphatic heterocycles. The fraction of sp³-hybridized carbons (Fsp3) is 0.588. The second kappa shape index (κ2) is 9.60. The lowest BCUT2D eigenvalue weighted by atomic mass is 10.0. The first kappa shape index (κ1) is 15.7. The van der Waals surface area contributed by atoms with Crippen molar-refractivity contribution in [2.45, 2.75) is 58.8 Å². The number of aryl methyl sites for hydroxylation is 1. The van der Waals surface area contributed by atoms with Gasteiger partial charge in [-0.1, -0.05) is 32.4 Å². The number of carbonyl (C=O) groups is 1. The summed E-state index contributed by atoms with van der Waals surface area (Å²) in [6.45, 7) is 4.83. The summed E-state index contributed by atoms with van der Waals surface area (Å²) in [5.74, 6) is 1.36. The number of rotatable bonds is 10. The summed E-state index contributed by atoms with van der Waals surface area (Å²) in [6, 6.07) is 8.35. The molecular weight excluding hydrogens is 236 g/mol. The Labute approximate surface area is 117 Å². The first-order valence-electron chi connectivity index (χ1n) is 7.49. The zero-order valence-electron chi connectivity index (χ0n) is 12.3. The molecule has 0 spiro atoms. The lowest BCUT2D eigenvalue weighted by Crippen LogP contribution is -1.96. The van der Waals surface area contributed by atoms with Gasteiger partial charge >= 0.3 is 0 Å². The Morgan fingerprint density at radius 1 is 1.16 bits per heavy atom. The molecule has 0 unspecified atom stereocenters. The van der Waals surface area contributed by atoms with E-state index < -0.39 is 0 Å². The molecular formula is C17H26O2. The fourth-order valence-corrected chi connectivity index (χ4v) is 2.02. The molecule has 0 N–H and O–H groups in total. The van der Waals surface area contributed by atoms with Crippen molar-refractivity contribution >= 4 is 5.78 Å². The highest BCUT2D eigenvalue weighted by atomic mass is 16.5. The number of unbranched alkanes of at least 4 members (excludes halogenated alkanes) is 2. The minimum absolute atomic E-state index is 0.384. The summed E-state index contributed by atoms with van der Waals surface area (Å²) < 4.78 is 5.62. The van der Waals surface area contributed by atoms with Gasteiger partial charge in [0, 0.05) is 12.8 Å². The van der Waals surface area contributed by atoms with Crippen molar-refractivity contribution in [3.8, 4) is 5.75 Å². The van der Waals surface area contributed by atoms with E-state index in [1.54, 1.807) is 0 Å². The summed E-state index contributed by atoms with van der Waals surface area (Å²) in [4.78, 5) is 11.2. The molecule has 0 fully saturated rings. The third-order valence-corrected chi connectivity index (χ3v) is 3.19. The van der Waals surface area contributed by atoms with E-state index in [0.717, 1.165) is 50.9 Å². The molecule has 0 aliphatic carbocycles. The van der Waals surface area contributed by atoms with Gasteiger partial charge in [-0.3, -0.25) is 4.79 Å². The number of benzene rings is 1. The van der Waals surface area contributed by atoms with Gasteiger partial charge in [0.2, 0.25) is 0 Å². The number of ketones is 1. The summed E-state index contributed by atoms with van der Waals surface area (Å²) >= 11 is 0. The Morgan fingerprint density at radius 2 is 2.00 bits per heavy atom. The van der Waals surface area contributed by atoms with E-state index >= 15 is 0 Å². The predicted octanol–water partition coefficient (Wildman–Crippen LogP) is 4.56. The molecule has 2 heteroatoms. The average Bonchev–Trinajstić information content (AvgIpc) is 2.45. The third kappa shape index (κ3) is 7.00. The molecule has 1 aromatic carbocycles. The minimum atomic E-state index is 0.384. The van der Waals surface area contributed by atoms with Crippen molar-refractivity contribution in [3.63, 3.8) is 0 Å². The zero-order chi connectivity index (χ0) is 13.9. The lowest BCUT2D eigenvalue weighted by Gasteiger charge is -2.07. The predicted molar refractivity (Wildman–Crippen MR) is 79.7 cm³/mol. The van der Waals surface area contributed by atoms with Gasteiger partial charge in [0.25, 0.3) is 0 Å². The molecule has 0 saturated heterocycles. The lowest BCUT2D eigenvalue weighted by molar-refractivity contribution is -0.118. The molecule has 0 aromatic heterocycles. The second-order valence-corrected chi connectivity index (χ2v) is 4.95. The SMILES string of the molecule is CCCOc1cccc(CCCCCC(=O)CC)c1. The fourth-order valence-electron chi connectivity index (χ4n) is 2.02. The van der Waals surface area contributed by atoms with Crippen molar-refractivity contribution < 1.29 is 9.53 Å². The van der Waals surface area contributed by atoms with Crippen LogP contribution >= 0.6 is 0 Å². The van der Waals surface area contributed by atoms with E-state index in [9.17, 15) is 4.79 Å². The Bertz CT molecular complexity index is 371. The molecule has 0 amide bonds. The molecule has 1 aromatic rings. The van der Waals surface area contributed by atoms with Crippen molar-refractivity contribution in [1.29, 1.82) is 0 Å². The first-order chi connectivity index (χ1) is 9.26. The summed E-state index contributed by atoms with van der Waals surface area (Å²) in [5, 5.41) is 0. The maximum absolute atomic E-state index is 11.2. The quantitative estimate of drug-likeness (QED) is 0.578. The molecule has 0 aliphatic rings. The molecule has 19 heavy (non-hydrogen) atoms. The van der Waals surface area contributed by atoms with Gasteiger partial charge < -0.3 is 4.74 Å². The Hall–Kier alpha value is -1.31. The zero-order valence-corrected chi connectivity index (χ0v) is 12.3. The Morgan fingerprint density at radius 3 is 2.74 bits per heavy atom. The van der Waals surface area contributed by atoms with Crippen LogP contribution in [0, 0.1) is 0 Å². The average molecular weight is 262 g/mol. The highest BCUT2D eigenvalue weighted by molar-refractivity contribution is 5.77. The van der Waals surface area contributed by atoms with Crippen LogP contribution < -0.4 is 4.74 Å². The maximum atomic E-state index is 11.2. The Balaban J connectivity index is 2.23. The molecule has 0 atom stereocenters. The van der Waals surface area contributed by atoms with Crippen molar-refractivity contribution in [3.05, 3.63) is 29.8 Å². The summed E-state index contributed by atoms with van der Waals surface area (Å²) in [6.07, 6.45) is 6.84. The van der Waals surface area contributed by atoms with Crippen LogP contribution in [0.25, 0.3) is 0 Å². The molecule has 106 valence electrons. The van der Waals surface area contributed by atoms with Crippen LogP contribution in [0.15, 0.2) is 24.3 Å². The molecule has 1 rings (SSSR count). The highest BCUT2D eigenvalue weighted by Gasteiger charge is 2.00. The van der Waals surface area contributed by atoms with Crippen LogP contribution in [0.3, 0.4) is 0 Å². The summed E-state index contributed by atoms with van der Waals surface area (Å²) in [7, 11) is 0. The second-order valence-electron chi connectivity index (χ2n) is 4.95. The topological polar surface area (TPSA) is 26.3 Å². The van der Waals surface area contributed by atoms with E-state index in [1.165, 1.54) is 5.56 Å². The normalized spacial score (nSPS) is 10.4. The highest BCUT2D eigenvalue weighted by Crippen LogP contribution is 2.16. The third-order valence-electron chi connectivity index (χ3n) is 3.19. The van der Waals surface area contributed by atoms with E-state index in [1.807, 2.05) is 13.0 Å². The number of carbonyl (C=O) groups excluding carboxylic acids is 1. The number of hydrogen-bond acceptors (Lipinski definition) is 2. The van der Waals surface area contributed by atoms with Crippen LogP contribution in [-0.2, 0) is 11.2 Å². The molecule has 0 radical (unpaired) electrons. The van der Waals surface area contributed by atoms with Crippen molar-refractivity contribution in [2.24, 2.45) is 0 Å². The molecule has 0 bridgehead atoms. The molecule has 2 nitrogen and oxygen atoms in total. The van der Waals surface area contributed by atoms with Crippen LogP contribution in [0.2, 0.25) is 0 Å². The van der Waals surface area contributed by atoms with E-state index in [2.05, 4.69) is 25.1 Å². The van der Waals surface area contributed by atoms with Gasteiger partial charge in [-0.15, -0.1) is 0 Å². The van der Waals surface area contributed by atoms with Crippen LogP contribution in [-0.4, -0.2) is 12.4 Å². The Kier molecular flexibility index (Phi) is 7.95. The largest absolute Gasteiger partial charge is 0.494 e. The van der Waals surface area contributed by atoms with Crippen LogP contribution in [0.4, 0.5) is 0 Å². The van der Waals surface area contributed by atoms with Gasteiger partial charge in [-0.05, 0) is 43.4 Å². The maximum Gasteiger partial charge on any atom is 0.132 e. The van der Waals surface area contributed by atoms with Gasteiger partial charge in [0.1, 0.15) is 11.5 Å². The summed E-state index contributed by atoms with van der Waals surface area (Å²) in [5.41, 5.74) is 1.33.